The predicted molar refractivity (Wildman–Crippen MR) is 378 cm³/mol. The van der Waals surface area contributed by atoms with Crippen molar-refractivity contribution < 1.29 is 64.6 Å². The lowest BCUT2D eigenvalue weighted by Crippen LogP contribution is -2.65. The molecule has 0 aromatic heterocycles. The van der Waals surface area contributed by atoms with Crippen molar-refractivity contribution in [1.82, 2.24) is 5.32 Å². The molecular weight excluding hydrogens is 1160 g/mol. The lowest BCUT2D eigenvalue weighted by atomic mass is 9.97. The van der Waals surface area contributed by atoms with Gasteiger partial charge in [-0.15, -0.1) is 0 Å². The molecule has 0 aromatic rings. The molecule has 1 amide bonds. The molecule has 2 aliphatic rings. The van der Waals surface area contributed by atoms with Crippen LogP contribution >= 0.6 is 0 Å². The predicted octanol–water partition coefficient (Wildman–Crippen LogP) is 16.1. The van der Waals surface area contributed by atoms with Gasteiger partial charge in [0.05, 0.1) is 32.0 Å². The molecule has 0 aromatic carbocycles. The van der Waals surface area contributed by atoms with Crippen LogP contribution in [0.25, 0.3) is 0 Å². The summed E-state index contributed by atoms with van der Waals surface area (Å²) in [5.41, 5.74) is 0. The van der Waals surface area contributed by atoms with E-state index in [4.69, 9.17) is 18.9 Å². The van der Waals surface area contributed by atoms with Crippen molar-refractivity contribution in [2.24, 2.45) is 0 Å². The van der Waals surface area contributed by atoms with Crippen LogP contribution in [-0.2, 0) is 23.7 Å². The van der Waals surface area contributed by atoms with E-state index in [1.165, 1.54) is 180 Å². The summed E-state index contributed by atoms with van der Waals surface area (Å²) >= 11 is 0. The number of carbonyl (C=O) groups is 1. The molecule has 14 nitrogen and oxygen atoms in total. The second-order valence-corrected chi connectivity index (χ2v) is 26.0. The smallest absolute Gasteiger partial charge is 0.220 e. The second kappa shape index (κ2) is 61.5. The van der Waals surface area contributed by atoms with Crippen LogP contribution in [0.5, 0.6) is 0 Å². The van der Waals surface area contributed by atoms with Crippen molar-refractivity contribution in [3.05, 3.63) is 97.2 Å². The molecular formula is C78H137NO13. The number of aliphatic hydroxyl groups excluding tert-OH is 8. The number of aliphatic hydroxyl groups is 8. The van der Waals surface area contributed by atoms with Crippen LogP contribution in [0.3, 0.4) is 0 Å². The van der Waals surface area contributed by atoms with Crippen molar-refractivity contribution in [2.45, 2.75) is 370 Å². The van der Waals surface area contributed by atoms with E-state index in [2.05, 4.69) is 104 Å². The second-order valence-electron chi connectivity index (χ2n) is 26.0. The van der Waals surface area contributed by atoms with E-state index in [1.807, 2.05) is 6.08 Å². The van der Waals surface area contributed by atoms with Crippen molar-refractivity contribution in [3.8, 4) is 0 Å². The highest BCUT2D eigenvalue weighted by Gasteiger charge is 2.51. The van der Waals surface area contributed by atoms with E-state index >= 15 is 0 Å². The topological polar surface area (TPSA) is 228 Å². The van der Waals surface area contributed by atoms with Crippen LogP contribution in [0, 0.1) is 0 Å². The van der Waals surface area contributed by atoms with Gasteiger partial charge in [-0.2, -0.15) is 0 Å². The Morgan fingerprint density at radius 1 is 0.402 bits per heavy atom. The van der Waals surface area contributed by atoms with Gasteiger partial charge >= 0.3 is 0 Å². The molecule has 9 N–H and O–H groups in total. The fraction of sp³-hybridized carbons (Fsp3) is 0.782. The van der Waals surface area contributed by atoms with Gasteiger partial charge in [-0.1, -0.05) is 310 Å². The lowest BCUT2D eigenvalue weighted by molar-refractivity contribution is -0.359. The molecule has 12 atom stereocenters. The summed E-state index contributed by atoms with van der Waals surface area (Å²) in [6.07, 6.45) is 70.3. The van der Waals surface area contributed by atoms with Gasteiger partial charge in [0.2, 0.25) is 5.91 Å². The molecule has 0 bridgehead atoms. The van der Waals surface area contributed by atoms with Crippen molar-refractivity contribution >= 4 is 5.91 Å². The molecule has 2 rings (SSSR count). The Morgan fingerprint density at radius 2 is 0.750 bits per heavy atom. The summed E-state index contributed by atoms with van der Waals surface area (Å²) in [5.74, 6) is -0.246. The third kappa shape index (κ3) is 44.6. The minimum Gasteiger partial charge on any atom is -0.394 e. The van der Waals surface area contributed by atoms with E-state index in [0.717, 1.165) is 89.9 Å². The van der Waals surface area contributed by atoms with Crippen LogP contribution in [0.1, 0.15) is 296 Å². The van der Waals surface area contributed by atoms with Gasteiger partial charge in [0.25, 0.3) is 0 Å². The maximum Gasteiger partial charge on any atom is 0.220 e. The first-order valence-corrected chi connectivity index (χ1v) is 37.5. The minimum atomic E-state index is -1.79. The minimum absolute atomic E-state index is 0.246. The summed E-state index contributed by atoms with van der Waals surface area (Å²) < 4.78 is 22.9. The number of unbranched alkanes of at least 4 members (excludes halogenated alkanes) is 34. The summed E-state index contributed by atoms with van der Waals surface area (Å²) in [4.78, 5) is 13.4. The standard InChI is InChI=1S/C78H137NO13/c1-3-5-7-9-11-13-15-17-19-21-23-25-27-29-31-32-33-34-36-38-40-42-44-46-48-50-52-54-56-58-60-62-70(83)79-66(65-89-77-75(88)73(86)76(69(64-81)91-77)92-78-74(87)72(85)71(84)68(63-80)90-78)67(82)61-59-57-55-53-51-49-47-45-43-41-39-37-35-30-28-26-24-22-20-18-16-14-12-10-8-6-4-2/h5,7,11,13,17,19,23,25,29,31,33-34,38,40,59,61,66-69,71-78,80-82,84-88H,3-4,6,8-10,12,14-16,18,20-22,24,26-28,30,32,35-37,39,41-58,60,62-65H2,1-2H3,(H,79,83)/b7-5-,13-11-,19-17-,25-23-,31-29-,34-33-,40-38-,61-59+. The summed E-state index contributed by atoms with van der Waals surface area (Å²) in [5, 5.41) is 87.6. The lowest BCUT2D eigenvalue weighted by Gasteiger charge is -2.46. The third-order valence-corrected chi connectivity index (χ3v) is 17.8. The number of hydrogen-bond acceptors (Lipinski definition) is 13. The van der Waals surface area contributed by atoms with Gasteiger partial charge < -0.3 is 65.1 Å². The zero-order chi connectivity index (χ0) is 66.6. The molecule has 0 radical (unpaired) electrons. The monoisotopic (exact) mass is 1300 g/mol. The third-order valence-electron chi connectivity index (χ3n) is 17.8. The number of carbonyl (C=O) groups excluding carboxylic acids is 1. The van der Waals surface area contributed by atoms with E-state index in [1.54, 1.807) is 6.08 Å². The first kappa shape index (κ1) is 85.0. The Morgan fingerprint density at radius 3 is 1.15 bits per heavy atom. The van der Waals surface area contributed by atoms with Crippen molar-refractivity contribution in [2.75, 3.05) is 19.8 Å². The Hall–Kier alpha value is -3.09. The van der Waals surface area contributed by atoms with Gasteiger partial charge in [0.15, 0.2) is 12.6 Å². The number of amides is 1. The van der Waals surface area contributed by atoms with Crippen LogP contribution in [-0.4, -0.2) is 140 Å². The van der Waals surface area contributed by atoms with Gasteiger partial charge in [-0.3, -0.25) is 4.79 Å². The zero-order valence-corrected chi connectivity index (χ0v) is 58.0. The summed E-state index contributed by atoms with van der Waals surface area (Å²) in [7, 11) is 0. The molecule has 92 heavy (non-hydrogen) atoms. The van der Waals surface area contributed by atoms with E-state index in [9.17, 15) is 45.6 Å². The maximum atomic E-state index is 13.4. The highest BCUT2D eigenvalue weighted by molar-refractivity contribution is 5.76. The van der Waals surface area contributed by atoms with E-state index < -0.39 is 86.8 Å². The number of hydrogen-bond donors (Lipinski definition) is 9. The Bertz CT molecular complexity index is 1920. The quantitative estimate of drug-likeness (QED) is 0.0204. The number of allylic oxidation sites excluding steroid dienone is 15. The van der Waals surface area contributed by atoms with Crippen LogP contribution < -0.4 is 5.32 Å². The molecule has 12 unspecified atom stereocenters. The highest BCUT2D eigenvalue weighted by atomic mass is 16.7. The average Bonchev–Trinajstić information content (AvgIpc) is 0.844. The van der Waals surface area contributed by atoms with Gasteiger partial charge in [-0.25, -0.2) is 0 Å². The number of nitrogens with one attached hydrogen (secondary N) is 1. The average molecular weight is 1300 g/mol. The van der Waals surface area contributed by atoms with Gasteiger partial charge in [0, 0.05) is 6.42 Å². The SMILES string of the molecule is CC/C=C\C/C=C\C/C=C\C/C=C\C/C=C\C/C=C\C/C=C\CCCCCCCCCCCC(=O)NC(COC1OC(CO)C(OC2OC(CO)C(O)C(O)C2O)C(O)C1O)C(O)/C=C/CCCCCCCCCCCCCCCCCCCCCCCCCCC. The fourth-order valence-electron chi connectivity index (χ4n) is 11.9. The molecule has 2 saturated heterocycles. The van der Waals surface area contributed by atoms with E-state index in [0.29, 0.717) is 6.42 Å². The normalized spacial score (nSPS) is 23.2. The highest BCUT2D eigenvalue weighted by Crippen LogP contribution is 2.30. The summed E-state index contributed by atoms with van der Waals surface area (Å²) in [6.45, 7) is 2.71. The number of ether oxygens (including phenoxy) is 4. The maximum absolute atomic E-state index is 13.4. The molecule has 0 aliphatic carbocycles. The Balaban J connectivity index is 1.67. The molecule has 2 fully saturated rings. The molecule has 0 spiro atoms. The van der Waals surface area contributed by atoms with Crippen LogP contribution in [0.15, 0.2) is 97.2 Å². The molecule has 0 saturated carbocycles. The Kier molecular flexibility index (Phi) is 56.8. The number of rotatable bonds is 61. The fourth-order valence-corrected chi connectivity index (χ4v) is 11.9. The first-order valence-electron chi connectivity index (χ1n) is 37.5. The molecule has 2 heterocycles. The van der Waals surface area contributed by atoms with Gasteiger partial charge in [-0.05, 0) is 77.0 Å². The molecule has 2 aliphatic heterocycles. The van der Waals surface area contributed by atoms with Crippen molar-refractivity contribution in [3.63, 3.8) is 0 Å². The van der Waals surface area contributed by atoms with Crippen LogP contribution in [0.4, 0.5) is 0 Å². The largest absolute Gasteiger partial charge is 0.394 e. The van der Waals surface area contributed by atoms with Gasteiger partial charge in [0.1, 0.15) is 48.8 Å². The zero-order valence-electron chi connectivity index (χ0n) is 58.0. The first-order chi connectivity index (χ1) is 45.1. The molecule has 14 heteroatoms. The van der Waals surface area contributed by atoms with E-state index in [-0.39, 0.29) is 18.9 Å². The Labute approximate surface area is 560 Å². The van der Waals surface area contributed by atoms with Crippen molar-refractivity contribution in [1.29, 1.82) is 0 Å². The molecule has 532 valence electrons. The summed E-state index contributed by atoms with van der Waals surface area (Å²) in [6, 6.07) is -0.926. The van der Waals surface area contributed by atoms with Crippen LogP contribution in [0.2, 0.25) is 0 Å².